The molecular formula is C29H32F3N3O7S. The monoisotopic (exact) mass is 623 g/mol. The van der Waals surface area contributed by atoms with Crippen LogP contribution in [0.3, 0.4) is 0 Å². The molecule has 0 saturated carbocycles. The molecule has 0 bridgehead atoms. The van der Waals surface area contributed by atoms with Gasteiger partial charge in [-0.15, -0.1) is 0 Å². The van der Waals surface area contributed by atoms with E-state index >= 15 is 13.2 Å². The second kappa shape index (κ2) is 11.3. The highest BCUT2D eigenvalue weighted by molar-refractivity contribution is 7.89. The van der Waals surface area contributed by atoms with E-state index in [9.17, 15) is 22.8 Å². The normalized spacial score (nSPS) is 20.2. The van der Waals surface area contributed by atoms with Crippen molar-refractivity contribution in [3.8, 4) is 11.5 Å². The Balaban J connectivity index is 1.79. The van der Waals surface area contributed by atoms with Gasteiger partial charge in [0.1, 0.15) is 0 Å². The van der Waals surface area contributed by atoms with Gasteiger partial charge < -0.3 is 19.7 Å². The minimum atomic E-state index is -5.51. The van der Waals surface area contributed by atoms with E-state index in [0.29, 0.717) is 17.1 Å². The largest absolute Gasteiger partial charge is 0.493 e. The lowest BCUT2D eigenvalue weighted by Gasteiger charge is -2.35. The number of halogens is 3. The molecule has 1 atom stereocenters. The van der Waals surface area contributed by atoms with Gasteiger partial charge in [-0.3, -0.25) is 14.4 Å². The van der Waals surface area contributed by atoms with Gasteiger partial charge in [-0.05, 0) is 60.2 Å². The Hall–Kier alpha value is -3.91. The maximum absolute atomic E-state index is 15.1. The number of rotatable bonds is 9. The highest BCUT2D eigenvalue weighted by Gasteiger charge is 2.72. The number of Topliss-reactive ketones (excluding diaryl/α,β-unsaturated/α-hetero) is 1. The van der Waals surface area contributed by atoms with Crippen LogP contribution in [-0.2, 0) is 30.8 Å². The molecule has 1 heterocycles. The first-order valence-corrected chi connectivity index (χ1v) is 14.7. The number of amides is 2. The Morgan fingerprint density at radius 1 is 1.00 bits per heavy atom. The van der Waals surface area contributed by atoms with Crippen LogP contribution >= 0.6 is 0 Å². The molecule has 1 unspecified atom stereocenters. The Morgan fingerprint density at radius 3 is 2.19 bits per heavy atom. The third-order valence-electron chi connectivity index (χ3n) is 7.39. The smallest absolute Gasteiger partial charge is 0.421 e. The van der Waals surface area contributed by atoms with E-state index in [-0.39, 0.29) is 37.2 Å². The molecule has 0 saturated heterocycles. The summed E-state index contributed by atoms with van der Waals surface area (Å²) in [7, 11) is -2.14. The molecule has 0 aromatic heterocycles. The van der Waals surface area contributed by atoms with Crippen LogP contribution < -0.4 is 19.5 Å². The van der Waals surface area contributed by atoms with Crippen LogP contribution in [0, 0.1) is 5.41 Å². The van der Waals surface area contributed by atoms with Crippen molar-refractivity contribution in [2.75, 3.05) is 26.1 Å². The lowest BCUT2D eigenvalue weighted by Crippen LogP contribution is -2.66. The van der Waals surface area contributed by atoms with Crippen molar-refractivity contribution in [3.05, 3.63) is 59.3 Å². The molecule has 2 aromatic rings. The van der Waals surface area contributed by atoms with Crippen molar-refractivity contribution in [2.24, 2.45) is 5.41 Å². The highest BCUT2D eigenvalue weighted by Crippen LogP contribution is 2.52. The Bertz CT molecular complexity index is 1600. The first-order valence-electron chi connectivity index (χ1n) is 13.2. The number of benzene rings is 2. The third-order valence-corrected chi connectivity index (χ3v) is 8.86. The van der Waals surface area contributed by atoms with Crippen molar-refractivity contribution in [3.63, 3.8) is 0 Å². The molecule has 2 aromatic carbocycles. The number of ketones is 1. The van der Waals surface area contributed by atoms with Gasteiger partial charge in [-0.1, -0.05) is 19.9 Å². The first-order chi connectivity index (χ1) is 20.0. The van der Waals surface area contributed by atoms with E-state index in [2.05, 4.69) is 5.32 Å². The zero-order valence-corrected chi connectivity index (χ0v) is 25.0. The van der Waals surface area contributed by atoms with Gasteiger partial charge in [-0.25, -0.2) is 8.42 Å². The quantitative estimate of drug-likeness (QED) is 0.432. The summed E-state index contributed by atoms with van der Waals surface area (Å²) in [6.07, 6.45) is -5.81. The van der Waals surface area contributed by atoms with E-state index in [1.807, 2.05) is 0 Å². The summed E-state index contributed by atoms with van der Waals surface area (Å²) >= 11 is 0. The number of allylic oxidation sites excluding steroid dienone is 1. The zero-order chi connectivity index (χ0) is 32.0. The average molecular weight is 624 g/mol. The second-order valence-electron chi connectivity index (χ2n) is 11.2. The summed E-state index contributed by atoms with van der Waals surface area (Å²) in [5.41, 5.74) is -4.85. The summed E-state index contributed by atoms with van der Waals surface area (Å²) in [6, 6.07) is 9.28. The predicted molar refractivity (Wildman–Crippen MR) is 150 cm³/mol. The van der Waals surface area contributed by atoms with Gasteiger partial charge in [0.05, 0.1) is 24.7 Å². The van der Waals surface area contributed by atoms with Crippen LogP contribution in [0.4, 0.5) is 18.9 Å². The number of nitrogens with zero attached hydrogens (tertiary/aromatic N) is 1. The van der Waals surface area contributed by atoms with Gasteiger partial charge in [-0.2, -0.15) is 17.9 Å². The summed E-state index contributed by atoms with van der Waals surface area (Å²) < 4.78 is 84.4. The lowest BCUT2D eigenvalue weighted by atomic mass is 9.72. The molecule has 1 aliphatic carbocycles. The van der Waals surface area contributed by atoms with E-state index < -0.39 is 55.2 Å². The zero-order valence-electron chi connectivity index (χ0n) is 24.2. The number of alkyl halides is 3. The van der Waals surface area contributed by atoms with E-state index in [1.54, 1.807) is 36.8 Å². The third kappa shape index (κ3) is 5.98. The van der Waals surface area contributed by atoms with Crippen LogP contribution in [0.1, 0.15) is 39.2 Å². The fourth-order valence-electron chi connectivity index (χ4n) is 5.49. The summed E-state index contributed by atoms with van der Waals surface area (Å²) in [5, 5.41) is 2.43. The first kappa shape index (κ1) is 32.0. The highest BCUT2D eigenvalue weighted by atomic mass is 32.2. The van der Waals surface area contributed by atoms with Crippen molar-refractivity contribution < 1.29 is 45.4 Å². The number of carbonyl (C=O) groups is 3. The van der Waals surface area contributed by atoms with Gasteiger partial charge in [0.25, 0.3) is 5.91 Å². The Kier molecular flexibility index (Phi) is 8.41. The number of sulfonamides is 1. The van der Waals surface area contributed by atoms with E-state index in [4.69, 9.17) is 9.47 Å². The van der Waals surface area contributed by atoms with Crippen molar-refractivity contribution >= 4 is 33.3 Å². The molecule has 2 N–H and O–H groups in total. The standard InChI is InChI=1S/C29H32F3N3O7S/c1-17(36)33-19-7-9-20(10-8-19)43(39,40)34-28(29(30,31)32)25-21(15-27(2,3)16-22(25)37)35(26(28)38)13-12-18-6-11-23(41-4)24(14-18)42-5/h6-11,14,34H,12-13,15-16H2,1-5H3,(H,33,36). The van der Waals surface area contributed by atoms with Gasteiger partial charge in [0.15, 0.2) is 17.3 Å². The molecule has 14 heteroatoms. The van der Waals surface area contributed by atoms with Crippen LogP contribution in [0.15, 0.2) is 58.6 Å². The molecule has 2 amide bonds. The molecule has 0 radical (unpaired) electrons. The molecule has 0 spiro atoms. The predicted octanol–water partition coefficient (Wildman–Crippen LogP) is 3.97. The van der Waals surface area contributed by atoms with Gasteiger partial charge in [0.2, 0.25) is 21.5 Å². The number of hydrogen-bond donors (Lipinski definition) is 2. The topological polar surface area (TPSA) is 131 Å². The Morgan fingerprint density at radius 2 is 1.63 bits per heavy atom. The van der Waals surface area contributed by atoms with Crippen molar-refractivity contribution in [2.45, 2.75) is 56.6 Å². The summed E-state index contributed by atoms with van der Waals surface area (Å²) in [5.74, 6) is -2.19. The minimum absolute atomic E-state index is 0.0588. The van der Waals surface area contributed by atoms with Crippen LogP contribution in [0.2, 0.25) is 0 Å². The average Bonchev–Trinajstić information content (AvgIpc) is 3.13. The minimum Gasteiger partial charge on any atom is -0.493 e. The fourth-order valence-corrected chi connectivity index (χ4v) is 6.81. The molecule has 2 aliphatic rings. The fraction of sp³-hybridized carbons (Fsp3) is 0.414. The number of carbonyl (C=O) groups excluding carboxylic acids is 3. The van der Waals surface area contributed by atoms with Gasteiger partial charge >= 0.3 is 6.18 Å². The number of hydrogen-bond acceptors (Lipinski definition) is 7. The maximum atomic E-state index is 15.1. The molecular weight excluding hydrogens is 591 g/mol. The molecule has 1 aliphatic heterocycles. The van der Waals surface area contributed by atoms with Crippen molar-refractivity contribution in [1.82, 2.24) is 9.62 Å². The number of ether oxygens (including phenoxy) is 2. The number of anilines is 1. The molecule has 10 nitrogen and oxygen atoms in total. The maximum Gasteiger partial charge on any atom is 0.421 e. The van der Waals surface area contributed by atoms with Crippen LogP contribution in [-0.4, -0.2) is 63.4 Å². The number of nitrogens with one attached hydrogen (secondary N) is 2. The molecule has 43 heavy (non-hydrogen) atoms. The second-order valence-corrected chi connectivity index (χ2v) is 12.9. The van der Waals surface area contributed by atoms with Crippen molar-refractivity contribution in [1.29, 1.82) is 0 Å². The lowest BCUT2D eigenvalue weighted by molar-refractivity contribution is -0.188. The SMILES string of the molecule is COc1ccc(CCN2C(=O)C(NS(=O)(=O)c3ccc(NC(C)=O)cc3)(C(F)(F)F)C3=C2CC(C)(C)CC3=O)cc1OC. The van der Waals surface area contributed by atoms with Crippen LogP contribution in [0.25, 0.3) is 0 Å². The van der Waals surface area contributed by atoms with Crippen LogP contribution in [0.5, 0.6) is 11.5 Å². The Labute approximate surface area is 247 Å². The van der Waals surface area contributed by atoms with E-state index in [0.717, 1.165) is 17.0 Å². The number of methoxy groups -OCH3 is 2. The van der Waals surface area contributed by atoms with E-state index in [1.165, 1.54) is 33.3 Å². The van der Waals surface area contributed by atoms with Gasteiger partial charge in [0, 0.05) is 31.3 Å². The molecule has 0 fully saturated rings. The summed E-state index contributed by atoms with van der Waals surface area (Å²) in [6.45, 7) is 4.36. The summed E-state index contributed by atoms with van der Waals surface area (Å²) in [4.78, 5) is 38.9. The molecule has 4 rings (SSSR count). The molecule has 232 valence electrons.